The Morgan fingerprint density at radius 1 is 1.30 bits per heavy atom. The maximum atomic E-state index is 12.5. The summed E-state index contributed by atoms with van der Waals surface area (Å²) >= 11 is 0. The number of carbonyl (C=O) groups excluding carboxylic acids is 1. The summed E-state index contributed by atoms with van der Waals surface area (Å²) in [7, 11) is 2.16. The molecule has 4 heteroatoms. The third-order valence-electron chi connectivity index (χ3n) is 5.35. The van der Waals surface area contributed by atoms with Gasteiger partial charge in [0.1, 0.15) is 0 Å². The van der Waals surface area contributed by atoms with Gasteiger partial charge in [-0.2, -0.15) is 0 Å². The van der Waals surface area contributed by atoms with Crippen LogP contribution in [0.4, 0.5) is 0 Å². The third kappa shape index (κ3) is 3.73. The van der Waals surface area contributed by atoms with Crippen LogP contribution in [-0.4, -0.2) is 61.0 Å². The lowest BCUT2D eigenvalue weighted by atomic mass is 9.85. The molecule has 0 saturated carbocycles. The number of piperazine rings is 1. The molecule has 0 spiro atoms. The number of hydrogen-bond donors (Lipinski definition) is 1. The second-order valence-electron chi connectivity index (χ2n) is 6.95. The highest BCUT2D eigenvalue weighted by molar-refractivity contribution is 5.76. The van der Waals surface area contributed by atoms with Crippen LogP contribution in [0.15, 0.2) is 0 Å². The Balaban J connectivity index is 1.84. The highest BCUT2D eigenvalue weighted by atomic mass is 16.2. The molecular formula is C16H31N3O. The van der Waals surface area contributed by atoms with E-state index in [1.54, 1.807) is 0 Å². The number of carbonyl (C=O) groups is 1. The zero-order chi connectivity index (χ0) is 14.7. The third-order valence-corrected chi connectivity index (χ3v) is 5.35. The minimum absolute atomic E-state index is 0.356. The van der Waals surface area contributed by atoms with Crippen LogP contribution in [0.1, 0.15) is 40.0 Å². The minimum Gasteiger partial charge on any atom is -0.340 e. The minimum atomic E-state index is 0.356. The maximum absolute atomic E-state index is 12.5. The van der Waals surface area contributed by atoms with Gasteiger partial charge in [0, 0.05) is 31.6 Å². The lowest BCUT2D eigenvalue weighted by molar-refractivity contribution is -0.136. The monoisotopic (exact) mass is 281 g/mol. The van der Waals surface area contributed by atoms with Gasteiger partial charge >= 0.3 is 0 Å². The van der Waals surface area contributed by atoms with Gasteiger partial charge in [0.25, 0.3) is 0 Å². The number of hydrogen-bond acceptors (Lipinski definition) is 3. The fourth-order valence-corrected chi connectivity index (χ4v) is 3.54. The summed E-state index contributed by atoms with van der Waals surface area (Å²) in [6.07, 6.45) is 3.25. The second-order valence-corrected chi connectivity index (χ2v) is 6.95. The molecule has 116 valence electrons. The fraction of sp³-hybridized carbons (Fsp3) is 0.938. The topological polar surface area (TPSA) is 35.6 Å². The SMILES string of the molecule is CC(CC(=O)N1CC(C)N(C)C(C)C1)C1CCCNC1. The normalized spacial score (nSPS) is 34.0. The number of nitrogens with one attached hydrogen (secondary N) is 1. The number of amides is 1. The molecule has 2 heterocycles. The van der Waals surface area contributed by atoms with Crippen molar-refractivity contribution in [2.45, 2.75) is 52.1 Å². The average Bonchev–Trinajstić information content (AvgIpc) is 2.45. The van der Waals surface area contributed by atoms with E-state index in [2.05, 4.69) is 42.9 Å². The van der Waals surface area contributed by atoms with Gasteiger partial charge < -0.3 is 10.2 Å². The Morgan fingerprint density at radius 2 is 1.95 bits per heavy atom. The first-order valence-corrected chi connectivity index (χ1v) is 8.19. The summed E-state index contributed by atoms with van der Waals surface area (Å²) in [5.74, 6) is 1.53. The van der Waals surface area contributed by atoms with Crippen LogP contribution < -0.4 is 5.32 Å². The molecule has 0 bridgehead atoms. The first-order valence-electron chi connectivity index (χ1n) is 8.19. The number of likely N-dealkylation sites (N-methyl/N-ethyl adjacent to an activating group) is 1. The molecule has 20 heavy (non-hydrogen) atoms. The molecule has 2 saturated heterocycles. The van der Waals surface area contributed by atoms with Crippen LogP contribution in [0.5, 0.6) is 0 Å². The molecule has 2 fully saturated rings. The van der Waals surface area contributed by atoms with E-state index >= 15 is 0 Å². The van der Waals surface area contributed by atoms with Crippen LogP contribution >= 0.6 is 0 Å². The Labute approximate surface area is 123 Å². The van der Waals surface area contributed by atoms with Crippen molar-refractivity contribution in [3.63, 3.8) is 0 Å². The summed E-state index contributed by atoms with van der Waals surface area (Å²) < 4.78 is 0. The summed E-state index contributed by atoms with van der Waals surface area (Å²) in [5.41, 5.74) is 0. The second kappa shape index (κ2) is 6.90. The van der Waals surface area contributed by atoms with E-state index < -0.39 is 0 Å². The van der Waals surface area contributed by atoms with E-state index in [1.807, 2.05) is 0 Å². The number of nitrogens with zero attached hydrogens (tertiary/aromatic N) is 2. The van der Waals surface area contributed by atoms with Crippen molar-refractivity contribution in [3.05, 3.63) is 0 Å². The first-order chi connectivity index (χ1) is 9.49. The van der Waals surface area contributed by atoms with Crippen LogP contribution in [0.2, 0.25) is 0 Å². The fourth-order valence-electron chi connectivity index (χ4n) is 3.54. The predicted octanol–water partition coefficient (Wildman–Crippen LogP) is 1.56. The molecule has 4 nitrogen and oxygen atoms in total. The van der Waals surface area contributed by atoms with Crippen molar-refractivity contribution < 1.29 is 4.79 Å². The van der Waals surface area contributed by atoms with Gasteiger partial charge in [-0.3, -0.25) is 9.69 Å². The number of rotatable bonds is 3. The Kier molecular flexibility index (Phi) is 5.44. The van der Waals surface area contributed by atoms with E-state index in [1.165, 1.54) is 12.8 Å². The van der Waals surface area contributed by atoms with Crippen LogP contribution in [0.3, 0.4) is 0 Å². The van der Waals surface area contributed by atoms with Gasteiger partial charge in [-0.25, -0.2) is 0 Å². The standard InChI is InChI=1S/C16H31N3O/c1-12(15-6-5-7-17-9-15)8-16(20)19-10-13(2)18(4)14(3)11-19/h12-15,17H,5-11H2,1-4H3. The van der Waals surface area contributed by atoms with E-state index in [0.29, 0.717) is 29.8 Å². The molecule has 1 amide bonds. The Morgan fingerprint density at radius 3 is 2.50 bits per heavy atom. The molecule has 2 aliphatic heterocycles. The molecule has 2 aliphatic rings. The highest BCUT2D eigenvalue weighted by Crippen LogP contribution is 2.24. The van der Waals surface area contributed by atoms with Crippen molar-refractivity contribution in [2.75, 3.05) is 33.2 Å². The van der Waals surface area contributed by atoms with Crippen LogP contribution in [0, 0.1) is 11.8 Å². The van der Waals surface area contributed by atoms with E-state index in [-0.39, 0.29) is 0 Å². The lowest BCUT2D eigenvalue weighted by Crippen LogP contribution is -2.56. The van der Waals surface area contributed by atoms with Gasteiger partial charge in [0.15, 0.2) is 0 Å². The van der Waals surface area contributed by atoms with Crippen molar-refractivity contribution >= 4 is 5.91 Å². The molecule has 4 atom stereocenters. The van der Waals surface area contributed by atoms with E-state index in [0.717, 1.165) is 32.6 Å². The predicted molar refractivity (Wildman–Crippen MR) is 82.6 cm³/mol. The quantitative estimate of drug-likeness (QED) is 0.853. The summed E-state index contributed by atoms with van der Waals surface area (Å²) in [6, 6.07) is 0.934. The summed E-state index contributed by atoms with van der Waals surface area (Å²) in [5, 5.41) is 3.46. The van der Waals surface area contributed by atoms with E-state index in [4.69, 9.17) is 0 Å². The van der Waals surface area contributed by atoms with Crippen LogP contribution in [-0.2, 0) is 4.79 Å². The molecular weight excluding hydrogens is 250 g/mol. The van der Waals surface area contributed by atoms with Gasteiger partial charge in [-0.05, 0) is 58.7 Å². The molecule has 0 aromatic rings. The Hall–Kier alpha value is -0.610. The molecule has 0 aromatic carbocycles. The van der Waals surface area contributed by atoms with Gasteiger partial charge in [-0.1, -0.05) is 6.92 Å². The first kappa shape index (κ1) is 15.8. The van der Waals surface area contributed by atoms with Crippen molar-refractivity contribution in [1.29, 1.82) is 0 Å². The van der Waals surface area contributed by atoms with E-state index in [9.17, 15) is 4.79 Å². The summed E-state index contributed by atoms with van der Waals surface area (Å²) in [4.78, 5) is 17.0. The van der Waals surface area contributed by atoms with Gasteiger partial charge in [0.2, 0.25) is 5.91 Å². The van der Waals surface area contributed by atoms with Crippen molar-refractivity contribution in [3.8, 4) is 0 Å². The summed E-state index contributed by atoms with van der Waals surface area (Å²) in [6.45, 7) is 10.7. The number of piperidine rings is 1. The molecule has 0 aliphatic carbocycles. The molecule has 0 aromatic heterocycles. The molecule has 2 rings (SSSR count). The zero-order valence-electron chi connectivity index (χ0n) is 13.6. The molecule has 1 N–H and O–H groups in total. The van der Waals surface area contributed by atoms with Crippen molar-refractivity contribution in [1.82, 2.24) is 15.1 Å². The lowest BCUT2D eigenvalue weighted by Gasteiger charge is -2.43. The van der Waals surface area contributed by atoms with Crippen LogP contribution in [0.25, 0.3) is 0 Å². The Bertz CT molecular complexity index is 316. The van der Waals surface area contributed by atoms with Gasteiger partial charge in [0.05, 0.1) is 0 Å². The largest absolute Gasteiger partial charge is 0.340 e. The highest BCUT2D eigenvalue weighted by Gasteiger charge is 2.31. The van der Waals surface area contributed by atoms with Gasteiger partial charge in [-0.15, -0.1) is 0 Å². The smallest absolute Gasteiger partial charge is 0.222 e. The molecule has 4 unspecified atom stereocenters. The average molecular weight is 281 g/mol. The maximum Gasteiger partial charge on any atom is 0.222 e. The van der Waals surface area contributed by atoms with Crippen molar-refractivity contribution in [2.24, 2.45) is 11.8 Å². The zero-order valence-corrected chi connectivity index (χ0v) is 13.6. The molecule has 0 radical (unpaired) electrons.